The Labute approximate surface area is 102 Å². The molecule has 0 aromatic carbocycles. The fourth-order valence-corrected chi connectivity index (χ4v) is 0.554. The first-order valence-corrected chi connectivity index (χ1v) is 5.18. The molecule has 92 valence electrons. The Balaban J connectivity index is -0.000000237. The number of rotatable bonds is 3. The highest BCUT2D eigenvalue weighted by molar-refractivity contribution is 6.68. The van der Waals surface area contributed by atoms with Gasteiger partial charge in [0.15, 0.2) is 0 Å². The summed E-state index contributed by atoms with van der Waals surface area (Å²) in [6.07, 6.45) is 6.58. The molecule has 0 aromatic rings. The maximum Gasteiger partial charge on any atom is 0.300 e. The Kier molecular flexibility index (Phi) is 20.2. The molecule has 1 N–H and O–H groups in total. The quantitative estimate of drug-likeness (QED) is 0.471. The van der Waals surface area contributed by atoms with E-state index in [4.69, 9.17) is 21.5 Å². The smallest absolute Gasteiger partial charge is 0.300 e. The number of halogens is 1. The summed E-state index contributed by atoms with van der Waals surface area (Å²) < 4.78 is 0. The van der Waals surface area contributed by atoms with Gasteiger partial charge in [-0.25, -0.2) is 0 Å². The van der Waals surface area contributed by atoms with Crippen LogP contribution in [0.1, 0.15) is 27.7 Å². The zero-order valence-corrected chi connectivity index (χ0v) is 10.9. The van der Waals surface area contributed by atoms with E-state index in [9.17, 15) is 4.79 Å². The minimum Gasteiger partial charge on any atom is -0.481 e. The molecular weight excluding hydrogens is 228 g/mol. The summed E-state index contributed by atoms with van der Waals surface area (Å²) in [4.78, 5) is 19.5. The number of aliphatic carboxylic acids is 1. The van der Waals surface area contributed by atoms with Crippen molar-refractivity contribution in [3.8, 4) is 0 Å². The number of carbonyl (C=O) groups excluding carboxylic acids is 1. The number of carboxylic acids is 1. The summed E-state index contributed by atoms with van der Waals surface area (Å²) in [6, 6.07) is 0. The second-order valence-corrected chi connectivity index (χ2v) is 2.49. The second-order valence-electron chi connectivity index (χ2n) is 2.14. The van der Waals surface area contributed by atoms with Crippen LogP contribution in [0.3, 0.4) is 0 Å². The molecule has 0 radical (unpaired) electrons. The number of carbonyl (C=O) groups is 2. The fraction of sp³-hybridized carbons (Fsp3) is 0.333. The van der Waals surface area contributed by atoms with E-state index >= 15 is 0 Å². The highest BCUT2D eigenvalue weighted by Gasteiger charge is 1.97. The Morgan fingerprint density at radius 3 is 1.88 bits per heavy atom. The van der Waals surface area contributed by atoms with Gasteiger partial charge >= 0.3 is 0 Å². The molecule has 0 aliphatic rings. The molecule has 0 heterocycles. The summed E-state index contributed by atoms with van der Waals surface area (Å²) in [5.74, 6) is -0.833. The van der Waals surface area contributed by atoms with Crippen molar-refractivity contribution in [3.05, 3.63) is 36.5 Å². The highest BCUT2D eigenvalue weighted by Crippen LogP contribution is 2.00. The molecule has 0 bridgehead atoms. The van der Waals surface area contributed by atoms with Crippen molar-refractivity contribution in [2.45, 2.75) is 27.7 Å². The average Bonchev–Trinajstić information content (AvgIpc) is 2.20. The van der Waals surface area contributed by atoms with Gasteiger partial charge in [-0.3, -0.25) is 9.59 Å². The van der Waals surface area contributed by atoms with Crippen LogP contribution in [0.2, 0.25) is 0 Å². The van der Waals surface area contributed by atoms with Crippen molar-refractivity contribution in [3.63, 3.8) is 0 Å². The van der Waals surface area contributed by atoms with Gasteiger partial charge in [0, 0.05) is 12.5 Å². The van der Waals surface area contributed by atoms with Gasteiger partial charge in [-0.05, 0) is 18.5 Å². The molecule has 3 nitrogen and oxygen atoms in total. The molecular formula is C12H19ClO3. The highest BCUT2D eigenvalue weighted by atomic mass is 35.5. The van der Waals surface area contributed by atoms with Crippen LogP contribution in [-0.4, -0.2) is 16.3 Å². The molecule has 4 heteroatoms. The minimum absolute atomic E-state index is 0.416. The van der Waals surface area contributed by atoms with E-state index < -0.39 is 11.2 Å². The predicted molar refractivity (Wildman–Crippen MR) is 68.6 cm³/mol. The molecule has 0 spiro atoms. The monoisotopic (exact) mass is 246 g/mol. The zero-order chi connectivity index (χ0) is 13.6. The van der Waals surface area contributed by atoms with Crippen LogP contribution < -0.4 is 0 Å². The van der Waals surface area contributed by atoms with Gasteiger partial charge in [0.05, 0.1) is 0 Å². The van der Waals surface area contributed by atoms with E-state index in [1.165, 1.54) is 6.08 Å². The van der Waals surface area contributed by atoms with Crippen LogP contribution in [-0.2, 0) is 9.59 Å². The first-order valence-electron chi connectivity index (χ1n) is 4.80. The van der Waals surface area contributed by atoms with Crippen molar-refractivity contribution in [2.75, 3.05) is 0 Å². The summed E-state index contributed by atoms with van der Waals surface area (Å²) in [7, 11) is 0. The van der Waals surface area contributed by atoms with Gasteiger partial charge < -0.3 is 5.11 Å². The third kappa shape index (κ3) is 22.9. The largest absolute Gasteiger partial charge is 0.481 e. The maximum absolute atomic E-state index is 10.5. The maximum atomic E-state index is 10.5. The molecule has 0 saturated carbocycles. The van der Waals surface area contributed by atoms with Crippen LogP contribution in [0.15, 0.2) is 36.5 Å². The number of allylic oxidation sites excluding steroid dienone is 5. The van der Waals surface area contributed by atoms with Crippen molar-refractivity contribution in [1.29, 1.82) is 0 Å². The molecule has 0 atom stereocenters. The van der Waals surface area contributed by atoms with Gasteiger partial charge in [-0.15, -0.1) is 0 Å². The lowest BCUT2D eigenvalue weighted by molar-refractivity contribution is -0.134. The molecule has 0 unspecified atom stereocenters. The molecule has 0 aliphatic carbocycles. The Bertz CT molecular complexity index is 261. The molecule has 0 amide bonds. The van der Waals surface area contributed by atoms with Crippen LogP contribution in [0.25, 0.3) is 0 Å². The van der Waals surface area contributed by atoms with Gasteiger partial charge in [-0.2, -0.15) is 0 Å². The molecule has 0 fully saturated rings. The van der Waals surface area contributed by atoms with Crippen molar-refractivity contribution >= 4 is 22.8 Å². The van der Waals surface area contributed by atoms with E-state index in [2.05, 4.69) is 6.58 Å². The third-order valence-electron chi connectivity index (χ3n) is 0.915. The number of hydrogen-bond donors (Lipinski definition) is 1. The normalized spacial score (nSPS) is 9.44. The van der Waals surface area contributed by atoms with Crippen molar-refractivity contribution in [1.82, 2.24) is 0 Å². The SMILES string of the molecule is C=C/C(=C\C=C/C)C(=O)Cl.CC.CC(=O)O. The van der Waals surface area contributed by atoms with Crippen LogP contribution >= 0.6 is 11.6 Å². The fourth-order valence-electron chi connectivity index (χ4n) is 0.414. The van der Waals surface area contributed by atoms with E-state index in [0.717, 1.165) is 6.92 Å². The first-order chi connectivity index (χ1) is 7.45. The van der Waals surface area contributed by atoms with E-state index in [1.54, 1.807) is 12.2 Å². The first kappa shape index (κ1) is 20.1. The van der Waals surface area contributed by atoms with E-state index in [0.29, 0.717) is 5.57 Å². The second kappa shape index (κ2) is 16.1. The summed E-state index contributed by atoms with van der Waals surface area (Å²) in [5, 5.41) is 6.94. The third-order valence-corrected chi connectivity index (χ3v) is 1.13. The van der Waals surface area contributed by atoms with Crippen LogP contribution in [0.4, 0.5) is 0 Å². The van der Waals surface area contributed by atoms with Gasteiger partial charge in [0.25, 0.3) is 11.2 Å². The Hall–Kier alpha value is -1.35. The van der Waals surface area contributed by atoms with Crippen molar-refractivity contribution in [2.24, 2.45) is 0 Å². The molecule has 0 saturated heterocycles. The summed E-state index contributed by atoms with van der Waals surface area (Å²) in [6.45, 7) is 10.4. The van der Waals surface area contributed by atoms with Crippen molar-refractivity contribution < 1.29 is 14.7 Å². The van der Waals surface area contributed by atoms with Crippen LogP contribution in [0, 0.1) is 0 Å². The topological polar surface area (TPSA) is 54.4 Å². The lowest BCUT2D eigenvalue weighted by Crippen LogP contribution is -1.86. The molecule has 0 aromatic heterocycles. The average molecular weight is 247 g/mol. The zero-order valence-electron chi connectivity index (χ0n) is 10.2. The van der Waals surface area contributed by atoms with Gasteiger partial charge in [-0.1, -0.05) is 44.7 Å². The summed E-state index contributed by atoms with van der Waals surface area (Å²) >= 11 is 5.17. The summed E-state index contributed by atoms with van der Waals surface area (Å²) in [5.41, 5.74) is 0.416. The minimum atomic E-state index is -0.833. The molecule has 0 aliphatic heterocycles. The van der Waals surface area contributed by atoms with E-state index in [-0.39, 0.29) is 0 Å². The number of carboxylic acid groups (broad SMARTS) is 1. The molecule has 16 heavy (non-hydrogen) atoms. The van der Waals surface area contributed by atoms with Gasteiger partial charge in [0.2, 0.25) is 0 Å². The predicted octanol–water partition coefficient (Wildman–Crippen LogP) is 3.56. The Morgan fingerprint density at radius 2 is 1.69 bits per heavy atom. The molecule has 0 rings (SSSR count). The van der Waals surface area contributed by atoms with E-state index in [1.807, 2.05) is 26.8 Å². The van der Waals surface area contributed by atoms with Gasteiger partial charge in [0.1, 0.15) is 0 Å². The standard InChI is InChI=1S/C8H9ClO.C2H4O2.C2H6/c1-3-5-6-7(4-2)8(9)10;1-2(3)4;1-2/h3-6H,2H2,1H3;1H3,(H,3,4);1-2H3/b5-3-,7-6+;;. The Morgan fingerprint density at radius 1 is 1.31 bits per heavy atom. The van der Waals surface area contributed by atoms with Crippen LogP contribution in [0.5, 0.6) is 0 Å². The number of hydrogen-bond acceptors (Lipinski definition) is 2. The lowest BCUT2D eigenvalue weighted by atomic mass is 10.2. The lowest BCUT2D eigenvalue weighted by Gasteiger charge is -1.87.